The molecule has 2 aliphatic rings. The number of ether oxygens (including phenoxy) is 1. The lowest BCUT2D eigenvalue weighted by Gasteiger charge is -2.48. The first-order valence-corrected chi connectivity index (χ1v) is 7.77. The second-order valence-corrected chi connectivity index (χ2v) is 6.54. The highest BCUT2D eigenvalue weighted by molar-refractivity contribution is 5.68. The van der Waals surface area contributed by atoms with Gasteiger partial charge in [-0.15, -0.1) is 0 Å². The Morgan fingerprint density at radius 3 is 2.95 bits per heavy atom. The van der Waals surface area contributed by atoms with Crippen LogP contribution in [0.3, 0.4) is 0 Å². The van der Waals surface area contributed by atoms with Crippen LogP contribution in [0.4, 0.5) is 4.79 Å². The van der Waals surface area contributed by atoms with Crippen LogP contribution in [0.15, 0.2) is 30.3 Å². The average Bonchev–Trinajstić information content (AvgIpc) is 2.53. The minimum Gasteiger partial charge on any atom is -0.445 e. The number of carbonyl (C=O) groups is 1. The molecule has 1 aliphatic heterocycles. The van der Waals surface area contributed by atoms with Crippen molar-refractivity contribution in [2.75, 3.05) is 19.7 Å². The topological polar surface area (TPSA) is 49.8 Å². The summed E-state index contributed by atoms with van der Waals surface area (Å²) in [5.74, 6) is 0.518. The normalized spacial score (nSPS) is 28.2. The van der Waals surface area contributed by atoms with Crippen LogP contribution in [0, 0.1) is 11.3 Å². The van der Waals surface area contributed by atoms with Gasteiger partial charge in [0.1, 0.15) is 6.61 Å². The summed E-state index contributed by atoms with van der Waals surface area (Å²) in [5, 5.41) is 9.72. The predicted octanol–water partition coefficient (Wildman–Crippen LogP) is 2.81. The molecule has 21 heavy (non-hydrogen) atoms. The number of fused-ring (bicyclic) bond motifs is 2. The van der Waals surface area contributed by atoms with Crippen LogP contribution in [0.25, 0.3) is 0 Å². The maximum absolute atomic E-state index is 12.3. The summed E-state index contributed by atoms with van der Waals surface area (Å²) in [4.78, 5) is 14.1. The van der Waals surface area contributed by atoms with E-state index in [1.54, 1.807) is 4.90 Å². The molecule has 1 heterocycles. The van der Waals surface area contributed by atoms with Crippen molar-refractivity contribution in [2.24, 2.45) is 11.3 Å². The molecule has 3 rings (SSSR count). The molecule has 4 nitrogen and oxygen atoms in total. The van der Waals surface area contributed by atoms with E-state index in [0.29, 0.717) is 19.1 Å². The molecule has 1 aromatic carbocycles. The maximum atomic E-state index is 12.3. The van der Waals surface area contributed by atoms with Crippen LogP contribution < -0.4 is 0 Å². The number of hydrogen-bond acceptors (Lipinski definition) is 3. The highest BCUT2D eigenvalue weighted by atomic mass is 16.6. The van der Waals surface area contributed by atoms with Crippen molar-refractivity contribution in [3.8, 4) is 0 Å². The number of carbonyl (C=O) groups excluding carboxylic acids is 1. The molecule has 0 radical (unpaired) electrons. The number of aliphatic hydroxyl groups is 1. The van der Waals surface area contributed by atoms with E-state index in [1.807, 2.05) is 30.3 Å². The zero-order chi connectivity index (χ0) is 14.7. The number of piperidine rings is 1. The number of aliphatic hydroxyl groups excluding tert-OH is 1. The quantitative estimate of drug-likeness (QED) is 0.931. The van der Waals surface area contributed by atoms with Gasteiger partial charge in [0.2, 0.25) is 0 Å². The minimum absolute atomic E-state index is 0.0903. The molecule has 2 fully saturated rings. The van der Waals surface area contributed by atoms with Gasteiger partial charge in [0.15, 0.2) is 0 Å². The molecular formula is C17H23NO3. The Labute approximate surface area is 125 Å². The summed E-state index contributed by atoms with van der Waals surface area (Å²) in [6, 6.07) is 9.73. The Balaban J connectivity index is 1.60. The lowest BCUT2D eigenvalue weighted by atomic mass is 9.67. The lowest BCUT2D eigenvalue weighted by molar-refractivity contribution is -0.0279. The zero-order valence-electron chi connectivity index (χ0n) is 12.3. The molecule has 2 bridgehead atoms. The van der Waals surface area contributed by atoms with Crippen molar-refractivity contribution in [3.63, 3.8) is 0 Å². The third kappa shape index (κ3) is 3.21. The number of likely N-dealkylation sites (tertiary alicyclic amines) is 1. The van der Waals surface area contributed by atoms with E-state index >= 15 is 0 Å². The summed E-state index contributed by atoms with van der Waals surface area (Å²) < 4.78 is 5.43. The highest BCUT2D eigenvalue weighted by Crippen LogP contribution is 2.43. The maximum Gasteiger partial charge on any atom is 0.410 e. The fourth-order valence-electron chi connectivity index (χ4n) is 3.81. The molecule has 1 amide bonds. The van der Waals surface area contributed by atoms with Crippen LogP contribution in [-0.2, 0) is 11.3 Å². The number of amides is 1. The second-order valence-electron chi connectivity index (χ2n) is 6.54. The Morgan fingerprint density at radius 2 is 2.19 bits per heavy atom. The summed E-state index contributed by atoms with van der Waals surface area (Å²) in [6.45, 7) is 1.89. The number of benzene rings is 1. The molecule has 0 spiro atoms. The van der Waals surface area contributed by atoms with Gasteiger partial charge in [-0.05, 0) is 30.7 Å². The predicted molar refractivity (Wildman–Crippen MR) is 79.7 cm³/mol. The van der Waals surface area contributed by atoms with E-state index in [2.05, 4.69) is 0 Å². The van der Waals surface area contributed by atoms with Gasteiger partial charge in [0.25, 0.3) is 0 Å². The van der Waals surface area contributed by atoms with Crippen molar-refractivity contribution in [3.05, 3.63) is 35.9 Å². The molecule has 2 atom stereocenters. The molecule has 1 saturated carbocycles. The second kappa shape index (κ2) is 6.06. The summed E-state index contributed by atoms with van der Waals surface area (Å²) in [6.07, 6.45) is 4.14. The first-order chi connectivity index (χ1) is 10.2. The Kier molecular flexibility index (Phi) is 4.15. The van der Waals surface area contributed by atoms with Crippen molar-refractivity contribution < 1.29 is 14.6 Å². The SMILES string of the molecule is O=C(OCc1ccccc1)N1CC2CCCC(CO)(C2)C1. The molecule has 1 saturated heterocycles. The zero-order valence-corrected chi connectivity index (χ0v) is 12.3. The Bertz CT molecular complexity index is 490. The fraction of sp³-hybridized carbons (Fsp3) is 0.588. The first-order valence-electron chi connectivity index (χ1n) is 7.77. The van der Waals surface area contributed by atoms with Gasteiger partial charge in [-0.2, -0.15) is 0 Å². The monoisotopic (exact) mass is 289 g/mol. The van der Waals surface area contributed by atoms with Crippen molar-refractivity contribution in [1.29, 1.82) is 0 Å². The molecule has 2 unspecified atom stereocenters. The molecule has 1 aliphatic carbocycles. The van der Waals surface area contributed by atoms with Gasteiger partial charge in [-0.1, -0.05) is 36.8 Å². The van der Waals surface area contributed by atoms with Crippen LogP contribution in [-0.4, -0.2) is 35.8 Å². The smallest absolute Gasteiger partial charge is 0.410 e. The van der Waals surface area contributed by atoms with E-state index in [-0.39, 0.29) is 18.1 Å². The van der Waals surface area contributed by atoms with Crippen LogP contribution in [0.5, 0.6) is 0 Å². The van der Waals surface area contributed by atoms with Gasteiger partial charge in [0.05, 0.1) is 6.61 Å². The third-order valence-electron chi connectivity index (χ3n) is 4.84. The standard InChI is InChI=1S/C17H23NO3/c19-13-17-8-4-7-15(9-17)10-18(12-17)16(20)21-11-14-5-2-1-3-6-14/h1-3,5-6,15,19H,4,7-13H2. The number of hydrogen-bond donors (Lipinski definition) is 1. The van der Waals surface area contributed by atoms with E-state index in [9.17, 15) is 9.90 Å². The summed E-state index contributed by atoms with van der Waals surface area (Å²) in [7, 11) is 0. The molecule has 1 aromatic rings. The molecular weight excluding hydrogens is 266 g/mol. The van der Waals surface area contributed by atoms with Crippen molar-refractivity contribution >= 4 is 6.09 Å². The molecule has 0 aromatic heterocycles. The van der Waals surface area contributed by atoms with Crippen LogP contribution in [0.1, 0.15) is 31.2 Å². The number of nitrogens with zero attached hydrogens (tertiary/aromatic N) is 1. The van der Waals surface area contributed by atoms with Crippen molar-refractivity contribution in [2.45, 2.75) is 32.3 Å². The van der Waals surface area contributed by atoms with Gasteiger partial charge in [-0.3, -0.25) is 0 Å². The van der Waals surface area contributed by atoms with Gasteiger partial charge in [-0.25, -0.2) is 4.79 Å². The van der Waals surface area contributed by atoms with Gasteiger partial charge < -0.3 is 14.7 Å². The lowest BCUT2D eigenvalue weighted by Crippen LogP contribution is -2.53. The van der Waals surface area contributed by atoms with E-state index in [0.717, 1.165) is 37.8 Å². The fourth-order valence-corrected chi connectivity index (χ4v) is 3.81. The Morgan fingerprint density at radius 1 is 1.38 bits per heavy atom. The summed E-state index contributed by atoms with van der Waals surface area (Å²) >= 11 is 0. The molecule has 1 N–H and O–H groups in total. The number of rotatable bonds is 3. The molecule has 4 heteroatoms. The van der Waals surface area contributed by atoms with Crippen LogP contribution in [0.2, 0.25) is 0 Å². The van der Waals surface area contributed by atoms with E-state index < -0.39 is 0 Å². The minimum atomic E-state index is -0.247. The average molecular weight is 289 g/mol. The van der Waals surface area contributed by atoms with Crippen LogP contribution >= 0.6 is 0 Å². The van der Waals surface area contributed by atoms with E-state index in [1.165, 1.54) is 0 Å². The van der Waals surface area contributed by atoms with E-state index in [4.69, 9.17) is 4.74 Å². The third-order valence-corrected chi connectivity index (χ3v) is 4.84. The largest absolute Gasteiger partial charge is 0.445 e. The first kappa shape index (κ1) is 14.4. The van der Waals surface area contributed by atoms with Crippen molar-refractivity contribution in [1.82, 2.24) is 4.90 Å². The molecule has 114 valence electrons. The van der Waals surface area contributed by atoms with Gasteiger partial charge in [0, 0.05) is 18.5 Å². The highest BCUT2D eigenvalue weighted by Gasteiger charge is 2.43. The Hall–Kier alpha value is -1.55. The summed E-state index contributed by atoms with van der Waals surface area (Å²) in [5.41, 5.74) is 0.910. The van der Waals surface area contributed by atoms with Gasteiger partial charge >= 0.3 is 6.09 Å².